The van der Waals surface area contributed by atoms with Crippen LogP contribution in [0.3, 0.4) is 0 Å². The molecule has 2 aromatic rings. The van der Waals surface area contributed by atoms with Gasteiger partial charge in [-0.15, -0.1) is 11.3 Å². The second-order valence-corrected chi connectivity index (χ2v) is 15.1. The number of carbonyl (C=O) groups excluding carboxylic acids is 4. The van der Waals surface area contributed by atoms with Crippen molar-refractivity contribution in [2.24, 2.45) is 11.8 Å². The number of benzene rings is 1. The van der Waals surface area contributed by atoms with Crippen LogP contribution in [0.15, 0.2) is 35.7 Å². The zero-order valence-electron chi connectivity index (χ0n) is 31.0. The Morgan fingerprint density at radius 3 is 2.31 bits per heavy atom. The fourth-order valence-electron chi connectivity index (χ4n) is 6.87. The van der Waals surface area contributed by atoms with Crippen molar-refractivity contribution in [2.75, 3.05) is 20.6 Å². The van der Waals surface area contributed by atoms with Gasteiger partial charge in [-0.2, -0.15) is 0 Å². The van der Waals surface area contributed by atoms with E-state index in [0.717, 1.165) is 44.2 Å². The van der Waals surface area contributed by atoms with Crippen LogP contribution in [0.5, 0.6) is 0 Å². The number of unbranched alkanes of at least 4 members (excludes halogenated alkanes) is 2. The van der Waals surface area contributed by atoms with E-state index in [9.17, 15) is 29.1 Å². The van der Waals surface area contributed by atoms with Crippen molar-refractivity contribution in [1.82, 2.24) is 25.8 Å². The Kier molecular flexibility index (Phi) is 16.5. The molecule has 1 aliphatic rings. The second-order valence-electron chi connectivity index (χ2n) is 14.2. The van der Waals surface area contributed by atoms with Crippen LogP contribution in [0.4, 0.5) is 0 Å². The Labute approximate surface area is 306 Å². The molecule has 0 spiro atoms. The number of carbonyl (C=O) groups is 5. The standard InChI is InChI=1S/C38H57N5O7S/c1-25(2)31(43(6)37(49)38(18-12-13-19-38)42-33(45)17-11-8-14-20-39-5)23-32(50-27(4)44)35-41-30(24-51-35)34(46)40-29(21-26(3)36(47)48)22-28-15-9-7-10-16-28/h7,9-10,15-16,24-26,29,31-32,39H,8,11-14,17-23H2,1-6H3,(H,40,46)(H,42,45)(H,47,48)/t26-,29+,31+,32+/m0/s1. The van der Waals surface area contributed by atoms with E-state index >= 15 is 0 Å². The maximum atomic E-state index is 14.2. The zero-order chi connectivity index (χ0) is 37.6. The predicted octanol–water partition coefficient (Wildman–Crippen LogP) is 5.28. The summed E-state index contributed by atoms with van der Waals surface area (Å²) >= 11 is 1.19. The monoisotopic (exact) mass is 727 g/mol. The number of nitrogens with one attached hydrogen (secondary N) is 3. The van der Waals surface area contributed by atoms with Crippen LogP contribution in [0.2, 0.25) is 0 Å². The number of carboxylic acid groups (broad SMARTS) is 1. The first kappa shape index (κ1) is 41.6. The summed E-state index contributed by atoms with van der Waals surface area (Å²) in [6, 6.07) is 8.72. The van der Waals surface area contributed by atoms with Gasteiger partial charge in [-0.05, 0) is 63.6 Å². The summed E-state index contributed by atoms with van der Waals surface area (Å²) < 4.78 is 5.77. The van der Waals surface area contributed by atoms with Crippen LogP contribution in [-0.4, -0.2) is 82.9 Å². The van der Waals surface area contributed by atoms with Crippen molar-refractivity contribution >= 4 is 41.0 Å². The summed E-state index contributed by atoms with van der Waals surface area (Å²) in [7, 11) is 3.65. The Hall–Kier alpha value is -3.84. The first-order valence-corrected chi connectivity index (χ1v) is 19.1. The number of ether oxygens (including phenoxy) is 1. The summed E-state index contributed by atoms with van der Waals surface area (Å²) in [6.45, 7) is 7.82. The van der Waals surface area contributed by atoms with E-state index in [-0.39, 0.29) is 42.3 Å². The number of hydrogen-bond acceptors (Lipinski definition) is 9. The molecule has 4 N–H and O–H groups in total. The molecule has 0 aliphatic heterocycles. The lowest BCUT2D eigenvalue weighted by atomic mass is 9.90. The van der Waals surface area contributed by atoms with Crippen molar-refractivity contribution in [3.8, 4) is 0 Å². The number of likely N-dealkylation sites (N-methyl/N-ethyl adjacent to an activating group) is 1. The third kappa shape index (κ3) is 12.7. The summed E-state index contributed by atoms with van der Waals surface area (Å²) in [4.78, 5) is 71.0. The third-order valence-electron chi connectivity index (χ3n) is 9.68. The summed E-state index contributed by atoms with van der Waals surface area (Å²) in [6.07, 6.45) is 5.99. The van der Waals surface area contributed by atoms with Gasteiger partial charge in [0, 0.05) is 44.3 Å². The smallest absolute Gasteiger partial charge is 0.306 e. The molecule has 3 amide bonds. The molecule has 0 radical (unpaired) electrons. The topological polar surface area (TPSA) is 167 Å². The van der Waals surface area contributed by atoms with E-state index in [2.05, 4.69) is 20.9 Å². The van der Waals surface area contributed by atoms with Gasteiger partial charge >= 0.3 is 11.9 Å². The molecule has 1 heterocycles. The van der Waals surface area contributed by atoms with Gasteiger partial charge in [0.1, 0.15) is 16.2 Å². The van der Waals surface area contributed by atoms with Gasteiger partial charge in [-0.1, -0.05) is 70.4 Å². The van der Waals surface area contributed by atoms with Crippen LogP contribution in [0.1, 0.15) is 119 Å². The van der Waals surface area contributed by atoms with E-state index in [1.165, 1.54) is 18.3 Å². The van der Waals surface area contributed by atoms with Gasteiger partial charge in [0.05, 0.1) is 5.92 Å². The van der Waals surface area contributed by atoms with Gasteiger partial charge in [-0.25, -0.2) is 4.98 Å². The highest BCUT2D eigenvalue weighted by Crippen LogP contribution is 2.35. The number of nitrogens with zero attached hydrogens (tertiary/aromatic N) is 2. The minimum atomic E-state index is -0.970. The average molecular weight is 728 g/mol. The van der Waals surface area contributed by atoms with Gasteiger partial charge in [0.15, 0.2) is 6.10 Å². The lowest BCUT2D eigenvalue weighted by Gasteiger charge is -2.39. The Morgan fingerprint density at radius 2 is 1.71 bits per heavy atom. The third-order valence-corrected chi connectivity index (χ3v) is 10.6. The molecule has 1 fully saturated rings. The fourth-order valence-corrected chi connectivity index (χ4v) is 7.71. The molecule has 12 nitrogen and oxygen atoms in total. The Balaban J connectivity index is 1.77. The van der Waals surface area contributed by atoms with E-state index in [4.69, 9.17) is 4.74 Å². The van der Waals surface area contributed by atoms with Crippen molar-refractivity contribution < 1.29 is 33.8 Å². The molecule has 1 aromatic carbocycles. The van der Waals surface area contributed by atoms with E-state index in [1.807, 2.05) is 51.2 Å². The molecule has 1 aliphatic carbocycles. The van der Waals surface area contributed by atoms with Gasteiger partial charge in [0.25, 0.3) is 5.91 Å². The van der Waals surface area contributed by atoms with Crippen LogP contribution in [-0.2, 0) is 30.3 Å². The van der Waals surface area contributed by atoms with Crippen molar-refractivity contribution in [3.63, 3.8) is 0 Å². The normalized spacial score (nSPS) is 16.1. The van der Waals surface area contributed by atoms with Crippen molar-refractivity contribution in [1.29, 1.82) is 0 Å². The number of esters is 1. The van der Waals surface area contributed by atoms with E-state index in [1.54, 1.807) is 24.3 Å². The molecule has 1 saturated carbocycles. The first-order chi connectivity index (χ1) is 24.3. The summed E-state index contributed by atoms with van der Waals surface area (Å²) in [5.74, 6) is -2.87. The Morgan fingerprint density at radius 1 is 1.02 bits per heavy atom. The minimum Gasteiger partial charge on any atom is -0.481 e. The van der Waals surface area contributed by atoms with Crippen molar-refractivity contribution in [2.45, 2.75) is 122 Å². The fraction of sp³-hybridized carbons (Fsp3) is 0.632. The van der Waals surface area contributed by atoms with Gasteiger partial charge in [0.2, 0.25) is 11.8 Å². The van der Waals surface area contributed by atoms with Gasteiger partial charge in [-0.3, -0.25) is 24.0 Å². The van der Waals surface area contributed by atoms with Gasteiger partial charge < -0.3 is 30.7 Å². The lowest BCUT2D eigenvalue weighted by Crippen LogP contribution is -2.59. The largest absolute Gasteiger partial charge is 0.481 e. The molecule has 1 aromatic heterocycles. The molecule has 4 atom stereocenters. The summed E-state index contributed by atoms with van der Waals surface area (Å²) in [5.41, 5.74) is 0.131. The molecular weight excluding hydrogens is 671 g/mol. The molecule has 3 rings (SSSR count). The maximum absolute atomic E-state index is 14.2. The number of thiazole rings is 1. The maximum Gasteiger partial charge on any atom is 0.306 e. The highest BCUT2D eigenvalue weighted by molar-refractivity contribution is 7.09. The van der Waals surface area contributed by atoms with Crippen LogP contribution in [0, 0.1) is 11.8 Å². The Bertz CT molecular complexity index is 1440. The van der Waals surface area contributed by atoms with Crippen LogP contribution < -0.4 is 16.0 Å². The number of aromatic nitrogens is 1. The van der Waals surface area contributed by atoms with E-state index in [0.29, 0.717) is 30.7 Å². The molecule has 51 heavy (non-hydrogen) atoms. The number of carboxylic acids is 1. The number of amides is 3. The van der Waals surface area contributed by atoms with E-state index < -0.39 is 41.4 Å². The second kappa shape index (κ2) is 20.3. The first-order valence-electron chi connectivity index (χ1n) is 18.2. The molecule has 13 heteroatoms. The molecule has 282 valence electrons. The quantitative estimate of drug-likeness (QED) is 0.0989. The highest BCUT2D eigenvalue weighted by Gasteiger charge is 2.46. The SMILES string of the molecule is CNCCCCCC(=O)NC1(C(=O)N(C)[C@H](C[C@@H](OC(C)=O)c2nc(C(=O)N[C@@H](Cc3ccccc3)C[C@H](C)C(=O)O)cs2)C(C)C)CCCC1. The highest BCUT2D eigenvalue weighted by atomic mass is 32.1. The minimum absolute atomic E-state index is 0.0314. The predicted molar refractivity (Wildman–Crippen MR) is 197 cm³/mol. The zero-order valence-corrected chi connectivity index (χ0v) is 31.9. The molecule has 0 saturated heterocycles. The number of rotatable bonds is 21. The lowest BCUT2D eigenvalue weighted by molar-refractivity contribution is -0.150. The van der Waals surface area contributed by atoms with Crippen molar-refractivity contribution in [3.05, 3.63) is 52.0 Å². The molecule has 0 bridgehead atoms. The molecular formula is C38H57N5O7S. The molecule has 0 unspecified atom stereocenters. The number of aliphatic carboxylic acids is 1. The average Bonchev–Trinajstić information content (AvgIpc) is 3.77. The van der Waals surface area contributed by atoms with Crippen LogP contribution in [0.25, 0.3) is 0 Å². The summed E-state index contributed by atoms with van der Waals surface area (Å²) in [5, 5.41) is 20.8. The number of hydrogen-bond donors (Lipinski definition) is 4. The van der Waals surface area contributed by atoms with Crippen LogP contribution >= 0.6 is 11.3 Å².